The summed E-state index contributed by atoms with van der Waals surface area (Å²) in [5.41, 5.74) is -0.00656. The van der Waals surface area contributed by atoms with E-state index in [2.05, 4.69) is 12.2 Å². The average molecular weight is 418 g/mol. The van der Waals surface area contributed by atoms with Crippen LogP contribution in [0.4, 0.5) is 16.2 Å². The van der Waals surface area contributed by atoms with E-state index in [1.807, 2.05) is 20.8 Å². The fourth-order valence-corrected chi connectivity index (χ4v) is 4.01. The molecule has 2 aliphatic heterocycles. The Morgan fingerprint density at radius 3 is 2.63 bits per heavy atom. The molecule has 1 aromatic carbocycles. The lowest BCUT2D eigenvalue weighted by Crippen LogP contribution is -2.54. The second-order valence-electron chi connectivity index (χ2n) is 9.07. The normalized spacial score (nSPS) is 24.8. The molecular formula is C21H30N4O5. The Balaban J connectivity index is 1.58. The zero-order valence-corrected chi connectivity index (χ0v) is 18.0. The highest BCUT2D eigenvalue weighted by atomic mass is 16.6. The SMILES string of the molecule is C[C@@H]1CN(C(=O)OC(C)(C)C)CC[C@H]1N[C@H]1CCN(c2cccc([N+](=O)[O-])c2)C1=O. The lowest BCUT2D eigenvalue weighted by molar-refractivity contribution is -0.384. The highest BCUT2D eigenvalue weighted by Crippen LogP contribution is 2.27. The fourth-order valence-electron chi connectivity index (χ4n) is 4.01. The summed E-state index contributed by atoms with van der Waals surface area (Å²) < 4.78 is 5.46. The predicted octanol–water partition coefficient (Wildman–Crippen LogP) is 2.94. The molecule has 9 heteroatoms. The molecule has 0 bridgehead atoms. The predicted molar refractivity (Wildman–Crippen MR) is 112 cm³/mol. The Morgan fingerprint density at radius 1 is 1.27 bits per heavy atom. The number of nitrogens with zero attached hydrogens (tertiary/aromatic N) is 3. The summed E-state index contributed by atoms with van der Waals surface area (Å²) >= 11 is 0. The minimum Gasteiger partial charge on any atom is -0.444 e. The zero-order valence-electron chi connectivity index (χ0n) is 18.0. The van der Waals surface area contributed by atoms with Crippen LogP contribution in [-0.4, -0.2) is 59.1 Å². The van der Waals surface area contributed by atoms with Gasteiger partial charge in [-0.15, -0.1) is 0 Å². The lowest BCUT2D eigenvalue weighted by atomic mass is 9.93. The zero-order chi connectivity index (χ0) is 22.1. The summed E-state index contributed by atoms with van der Waals surface area (Å²) in [5, 5.41) is 14.5. The quantitative estimate of drug-likeness (QED) is 0.595. The van der Waals surface area contributed by atoms with Crippen LogP contribution >= 0.6 is 0 Å². The van der Waals surface area contributed by atoms with Gasteiger partial charge in [0.05, 0.1) is 16.7 Å². The lowest BCUT2D eigenvalue weighted by Gasteiger charge is -2.38. The van der Waals surface area contributed by atoms with E-state index in [-0.39, 0.29) is 35.7 Å². The highest BCUT2D eigenvalue weighted by Gasteiger charge is 2.37. The Kier molecular flexibility index (Phi) is 6.30. The number of ether oxygens (including phenoxy) is 1. The van der Waals surface area contributed by atoms with E-state index in [1.54, 1.807) is 21.9 Å². The maximum absolute atomic E-state index is 12.9. The van der Waals surface area contributed by atoms with E-state index in [9.17, 15) is 19.7 Å². The topological polar surface area (TPSA) is 105 Å². The van der Waals surface area contributed by atoms with E-state index in [1.165, 1.54) is 12.1 Å². The molecule has 3 rings (SSSR count). The minimum atomic E-state index is -0.526. The van der Waals surface area contributed by atoms with E-state index in [0.717, 1.165) is 6.42 Å². The van der Waals surface area contributed by atoms with Crippen molar-refractivity contribution in [2.75, 3.05) is 24.5 Å². The third-order valence-electron chi connectivity index (χ3n) is 5.53. The second kappa shape index (κ2) is 8.59. The molecule has 1 N–H and O–H groups in total. The summed E-state index contributed by atoms with van der Waals surface area (Å²) in [6, 6.07) is 5.94. The molecule has 2 aliphatic rings. The molecule has 0 unspecified atom stereocenters. The molecule has 1 aromatic rings. The molecule has 9 nitrogen and oxygen atoms in total. The third-order valence-corrected chi connectivity index (χ3v) is 5.53. The first-order chi connectivity index (χ1) is 14.0. The van der Waals surface area contributed by atoms with Crippen molar-refractivity contribution in [2.45, 2.75) is 58.2 Å². The van der Waals surface area contributed by atoms with E-state index >= 15 is 0 Å². The van der Waals surface area contributed by atoms with Crippen LogP contribution in [0.5, 0.6) is 0 Å². The molecule has 2 fully saturated rings. The van der Waals surface area contributed by atoms with E-state index in [0.29, 0.717) is 31.7 Å². The van der Waals surface area contributed by atoms with Crippen molar-refractivity contribution in [1.82, 2.24) is 10.2 Å². The first-order valence-corrected chi connectivity index (χ1v) is 10.3. The van der Waals surface area contributed by atoms with Gasteiger partial charge in [-0.1, -0.05) is 13.0 Å². The summed E-state index contributed by atoms with van der Waals surface area (Å²) in [5.74, 6) is 0.100. The number of nitrogens with one attached hydrogen (secondary N) is 1. The van der Waals surface area contributed by atoms with Gasteiger partial charge < -0.3 is 19.9 Å². The molecule has 0 radical (unpaired) electrons. The number of likely N-dealkylation sites (tertiary alicyclic amines) is 1. The molecule has 30 heavy (non-hydrogen) atoms. The molecule has 2 heterocycles. The minimum absolute atomic E-state index is 0.0279. The Bertz CT molecular complexity index is 822. The molecule has 3 atom stereocenters. The number of amides is 2. The van der Waals surface area contributed by atoms with Crippen molar-refractivity contribution in [3.05, 3.63) is 34.4 Å². The van der Waals surface area contributed by atoms with Crippen LogP contribution in [0.15, 0.2) is 24.3 Å². The van der Waals surface area contributed by atoms with Gasteiger partial charge in [0.15, 0.2) is 0 Å². The molecule has 0 saturated carbocycles. The van der Waals surface area contributed by atoms with Crippen molar-refractivity contribution in [1.29, 1.82) is 0 Å². The van der Waals surface area contributed by atoms with Gasteiger partial charge in [0.25, 0.3) is 5.69 Å². The van der Waals surface area contributed by atoms with Crippen LogP contribution in [0, 0.1) is 16.0 Å². The fraction of sp³-hybridized carbons (Fsp3) is 0.619. The average Bonchev–Trinajstić information content (AvgIpc) is 3.02. The second-order valence-corrected chi connectivity index (χ2v) is 9.07. The van der Waals surface area contributed by atoms with Gasteiger partial charge >= 0.3 is 6.09 Å². The number of piperidine rings is 1. The van der Waals surface area contributed by atoms with Gasteiger partial charge in [-0.25, -0.2) is 4.79 Å². The maximum atomic E-state index is 12.9. The molecule has 2 saturated heterocycles. The molecule has 0 aliphatic carbocycles. The number of carbonyl (C=O) groups excluding carboxylic acids is 2. The van der Waals surface area contributed by atoms with Gasteiger partial charge in [-0.3, -0.25) is 14.9 Å². The standard InChI is InChI=1S/C21H30N4O5/c1-14-13-23(20(27)30-21(2,3)4)10-8-17(14)22-18-9-11-24(19(18)26)15-6-5-7-16(12-15)25(28)29/h5-7,12,14,17-18,22H,8-11,13H2,1-4H3/t14-,17-,18+/m1/s1. The van der Waals surface area contributed by atoms with Crippen molar-refractivity contribution < 1.29 is 19.2 Å². The van der Waals surface area contributed by atoms with Gasteiger partial charge in [0, 0.05) is 37.8 Å². The Labute approximate surface area is 176 Å². The number of hydrogen-bond acceptors (Lipinski definition) is 6. The van der Waals surface area contributed by atoms with Crippen molar-refractivity contribution in [3.8, 4) is 0 Å². The third kappa shape index (κ3) is 5.08. The van der Waals surface area contributed by atoms with Crippen LogP contribution in [0.25, 0.3) is 0 Å². The molecule has 2 amide bonds. The van der Waals surface area contributed by atoms with E-state index in [4.69, 9.17) is 4.74 Å². The molecule has 0 aromatic heterocycles. The number of benzene rings is 1. The number of non-ortho nitro benzene ring substituents is 1. The smallest absolute Gasteiger partial charge is 0.410 e. The first kappa shape index (κ1) is 22.0. The number of nitro benzene ring substituents is 1. The number of hydrogen-bond donors (Lipinski definition) is 1. The molecule has 164 valence electrons. The summed E-state index contributed by atoms with van der Waals surface area (Å²) in [7, 11) is 0. The van der Waals surface area contributed by atoms with Crippen molar-refractivity contribution in [2.24, 2.45) is 5.92 Å². The summed E-state index contributed by atoms with van der Waals surface area (Å²) in [6.07, 6.45) is 1.07. The first-order valence-electron chi connectivity index (χ1n) is 10.3. The number of nitro groups is 1. The molecule has 0 spiro atoms. The van der Waals surface area contributed by atoms with Crippen molar-refractivity contribution >= 4 is 23.4 Å². The van der Waals surface area contributed by atoms with Crippen LogP contribution in [0.2, 0.25) is 0 Å². The summed E-state index contributed by atoms with van der Waals surface area (Å²) in [6.45, 7) is 9.27. The van der Waals surface area contributed by atoms with E-state index < -0.39 is 10.5 Å². The monoisotopic (exact) mass is 418 g/mol. The molecular weight excluding hydrogens is 388 g/mol. The summed E-state index contributed by atoms with van der Waals surface area (Å²) in [4.78, 5) is 39.1. The van der Waals surface area contributed by atoms with Crippen molar-refractivity contribution in [3.63, 3.8) is 0 Å². The van der Waals surface area contributed by atoms with Gasteiger partial charge in [-0.2, -0.15) is 0 Å². The van der Waals surface area contributed by atoms with Crippen LogP contribution in [0.1, 0.15) is 40.5 Å². The Hall–Kier alpha value is -2.68. The largest absolute Gasteiger partial charge is 0.444 e. The van der Waals surface area contributed by atoms with Crippen LogP contribution in [0.3, 0.4) is 0 Å². The van der Waals surface area contributed by atoms with Gasteiger partial charge in [0.1, 0.15) is 5.60 Å². The maximum Gasteiger partial charge on any atom is 0.410 e. The number of rotatable bonds is 4. The highest BCUT2D eigenvalue weighted by molar-refractivity contribution is 5.99. The number of anilines is 1. The number of carbonyl (C=O) groups is 2. The van der Waals surface area contributed by atoms with Crippen LogP contribution in [-0.2, 0) is 9.53 Å². The van der Waals surface area contributed by atoms with Gasteiger partial charge in [0.2, 0.25) is 5.91 Å². The van der Waals surface area contributed by atoms with Crippen LogP contribution < -0.4 is 10.2 Å². The Morgan fingerprint density at radius 2 is 2.00 bits per heavy atom. The van der Waals surface area contributed by atoms with Gasteiger partial charge in [-0.05, 0) is 45.6 Å².